The largest absolute Gasteiger partial charge is 0.466 e. The van der Waals surface area contributed by atoms with Crippen LogP contribution in [0.2, 0.25) is 0 Å². The second kappa shape index (κ2) is 7.45. The monoisotopic (exact) mass is 240 g/mol. The number of likely N-dealkylation sites (tertiary alicyclic amines) is 1. The van der Waals surface area contributed by atoms with Gasteiger partial charge in [0.05, 0.1) is 7.11 Å². The molecule has 4 heteroatoms. The van der Waals surface area contributed by atoms with Gasteiger partial charge in [-0.25, -0.2) is 4.79 Å². The fraction of sp³-hybridized carbons (Fsp3) is 0.769. The highest BCUT2D eigenvalue weighted by Crippen LogP contribution is 2.14. The molecule has 1 rings (SSSR count). The van der Waals surface area contributed by atoms with Gasteiger partial charge in [0, 0.05) is 12.1 Å². The number of hydrogen-bond acceptors (Lipinski definition) is 4. The average Bonchev–Trinajstić information content (AvgIpc) is 2.35. The molecule has 1 heterocycles. The fourth-order valence-corrected chi connectivity index (χ4v) is 2.02. The van der Waals surface area contributed by atoms with Crippen LogP contribution in [0.1, 0.15) is 19.8 Å². The summed E-state index contributed by atoms with van der Waals surface area (Å²) < 4.78 is 4.63. The van der Waals surface area contributed by atoms with E-state index in [0.717, 1.165) is 19.0 Å². The molecular weight excluding hydrogens is 216 g/mol. The Bertz CT molecular complexity index is 269. The number of hydrogen-bond donors (Lipinski definition) is 1. The summed E-state index contributed by atoms with van der Waals surface area (Å²) in [6.07, 6.45) is 4.42. The SMILES string of the molecule is COC(=O)C(C)=CCNCC1CCN(C)CC1. The molecule has 1 saturated heterocycles. The number of piperidine rings is 1. The number of rotatable bonds is 5. The van der Waals surface area contributed by atoms with E-state index < -0.39 is 0 Å². The summed E-state index contributed by atoms with van der Waals surface area (Å²) in [6.45, 7) is 5.96. The van der Waals surface area contributed by atoms with Crippen LogP contribution >= 0.6 is 0 Å². The standard InChI is InChI=1S/C13H24N2O2/c1-11(13(16)17-3)4-7-14-10-12-5-8-15(2)9-6-12/h4,12,14H,5-10H2,1-3H3. The Hall–Kier alpha value is -0.870. The highest BCUT2D eigenvalue weighted by Gasteiger charge is 2.15. The Labute approximate surface area is 104 Å². The molecule has 1 aliphatic heterocycles. The second-order valence-corrected chi connectivity index (χ2v) is 4.78. The molecule has 98 valence electrons. The Kier molecular flexibility index (Phi) is 6.22. The predicted octanol–water partition coefficient (Wildman–Crippen LogP) is 1.04. The molecule has 0 bridgehead atoms. The molecule has 4 nitrogen and oxygen atoms in total. The van der Waals surface area contributed by atoms with Gasteiger partial charge >= 0.3 is 5.97 Å². The Morgan fingerprint density at radius 1 is 1.47 bits per heavy atom. The lowest BCUT2D eigenvalue weighted by molar-refractivity contribution is -0.136. The number of carbonyl (C=O) groups is 1. The maximum absolute atomic E-state index is 11.1. The lowest BCUT2D eigenvalue weighted by Crippen LogP contribution is -2.35. The molecule has 0 aromatic heterocycles. The van der Waals surface area contributed by atoms with Crippen molar-refractivity contribution in [1.29, 1.82) is 0 Å². The van der Waals surface area contributed by atoms with E-state index in [9.17, 15) is 4.79 Å². The maximum Gasteiger partial charge on any atom is 0.333 e. The van der Waals surface area contributed by atoms with Crippen molar-refractivity contribution < 1.29 is 9.53 Å². The smallest absolute Gasteiger partial charge is 0.333 e. The Morgan fingerprint density at radius 3 is 2.71 bits per heavy atom. The third-order valence-electron chi connectivity index (χ3n) is 3.33. The first-order chi connectivity index (χ1) is 8.13. The van der Waals surface area contributed by atoms with Crippen molar-refractivity contribution in [1.82, 2.24) is 10.2 Å². The van der Waals surface area contributed by atoms with Crippen LogP contribution in [-0.4, -0.2) is 51.2 Å². The second-order valence-electron chi connectivity index (χ2n) is 4.78. The number of methoxy groups -OCH3 is 1. The molecule has 0 radical (unpaired) electrons. The summed E-state index contributed by atoms with van der Waals surface area (Å²) in [5.41, 5.74) is 0.670. The third kappa shape index (κ3) is 5.33. The topological polar surface area (TPSA) is 41.6 Å². The van der Waals surface area contributed by atoms with Crippen LogP contribution in [0, 0.1) is 5.92 Å². The first-order valence-corrected chi connectivity index (χ1v) is 6.27. The van der Waals surface area contributed by atoms with E-state index in [1.807, 2.05) is 6.08 Å². The zero-order valence-electron chi connectivity index (χ0n) is 11.2. The molecular formula is C13H24N2O2. The van der Waals surface area contributed by atoms with Crippen LogP contribution in [0.5, 0.6) is 0 Å². The summed E-state index contributed by atoms with van der Waals surface area (Å²) >= 11 is 0. The molecule has 0 aromatic rings. The molecule has 0 atom stereocenters. The lowest BCUT2D eigenvalue weighted by Gasteiger charge is -2.28. The van der Waals surface area contributed by atoms with Gasteiger partial charge in [0.2, 0.25) is 0 Å². The van der Waals surface area contributed by atoms with E-state index in [1.165, 1.54) is 33.0 Å². The van der Waals surface area contributed by atoms with E-state index >= 15 is 0 Å². The van der Waals surface area contributed by atoms with Gasteiger partial charge in [0.1, 0.15) is 0 Å². The fourth-order valence-electron chi connectivity index (χ4n) is 2.02. The normalized spacial score (nSPS) is 19.4. The number of carbonyl (C=O) groups excluding carboxylic acids is 1. The van der Waals surface area contributed by atoms with Crippen LogP contribution in [0.3, 0.4) is 0 Å². The van der Waals surface area contributed by atoms with Gasteiger partial charge in [-0.2, -0.15) is 0 Å². The minimum absolute atomic E-state index is 0.244. The molecule has 1 fully saturated rings. The van der Waals surface area contributed by atoms with Gasteiger partial charge in [0.15, 0.2) is 0 Å². The van der Waals surface area contributed by atoms with Crippen molar-refractivity contribution in [2.45, 2.75) is 19.8 Å². The van der Waals surface area contributed by atoms with Gasteiger partial charge in [0.25, 0.3) is 0 Å². The van der Waals surface area contributed by atoms with Gasteiger partial charge in [-0.15, -0.1) is 0 Å². The summed E-state index contributed by atoms with van der Waals surface area (Å²) in [5, 5.41) is 3.38. The Morgan fingerprint density at radius 2 is 2.12 bits per heavy atom. The number of esters is 1. The van der Waals surface area contributed by atoms with Crippen molar-refractivity contribution in [3.63, 3.8) is 0 Å². The predicted molar refractivity (Wildman–Crippen MR) is 68.9 cm³/mol. The van der Waals surface area contributed by atoms with Crippen LogP contribution in [-0.2, 0) is 9.53 Å². The summed E-state index contributed by atoms with van der Waals surface area (Å²) in [7, 11) is 3.58. The quantitative estimate of drug-likeness (QED) is 0.443. The first-order valence-electron chi connectivity index (χ1n) is 6.27. The van der Waals surface area contributed by atoms with Crippen molar-refractivity contribution >= 4 is 5.97 Å². The molecule has 1 N–H and O–H groups in total. The molecule has 0 aliphatic carbocycles. The highest BCUT2D eigenvalue weighted by atomic mass is 16.5. The molecule has 0 saturated carbocycles. The van der Waals surface area contributed by atoms with Gasteiger partial charge in [-0.1, -0.05) is 6.08 Å². The minimum atomic E-state index is -0.244. The van der Waals surface area contributed by atoms with Crippen molar-refractivity contribution in [3.05, 3.63) is 11.6 Å². The van der Waals surface area contributed by atoms with Crippen LogP contribution in [0.15, 0.2) is 11.6 Å². The summed E-state index contributed by atoms with van der Waals surface area (Å²) in [5.74, 6) is 0.532. The van der Waals surface area contributed by atoms with Gasteiger partial charge in [-0.05, 0) is 52.4 Å². The average molecular weight is 240 g/mol. The zero-order valence-corrected chi connectivity index (χ0v) is 11.2. The van der Waals surface area contributed by atoms with Crippen LogP contribution in [0.4, 0.5) is 0 Å². The Balaban J connectivity index is 2.13. The van der Waals surface area contributed by atoms with Gasteiger partial charge < -0.3 is 15.0 Å². The van der Waals surface area contributed by atoms with Crippen LogP contribution < -0.4 is 5.32 Å². The van der Waals surface area contributed by atoms with E-state index in [0.29, 0.717) is 5.57 Å². The number of nitrogens with one attached hydrogen (secondary N) is 1. The van der Waals surface area contributed by atoms with E-state index in [-0.39, 0.29) is 5.97 Å². The van der Waals surface area contributed by atoms with E-state index in [1.54, 1.807) is 6.92 Å². The van der Waals surface area contributed by atoms with E-state index in [2.05, 4.69) is 22.0 Å². The van der Waals surface area contributed by atoms with E-state index in [4.69, 9.17) is 0 Å². The first kappa shape index (κ1) is 14.2. The molecule has 17 heavy (non-hydrogen) atoms. The minimum Gasteiger partial charge on any atom is -0.466 e. The lowest BCUT2D eigenvalue weighted by atomic mass is 9.97. The molecule has 0 amide bonds. The van der Waals surface area contributed by atoms with Gasteiger partial charge in [-0.3, -0.25) is 0 Å². The molecule has 0 unspecified atom stereocenters. The number of ether oxygens (including phenoxy) is 1. The third-order valence-corrected chi connectivity index (χ3v) is 3.33. The van der Waals surface area contributed by atoms with Crippen molar-refractivity contribution in [3.8, 4) is 0 Å². The summed E-state index contributed by atoms with van der Waals surface area (Å²) in [4.78, 5) is 13.5. The molecule has 1 aliphatic rings. The van der Waals surface area contributed by atoms with Crippen molar-refractivity contribution in [2.75, 3.05) is 40.3 Å². The number of nitrogens with zero attached hydrogens (tertiary/aromatic N) is 1. The molecule has 0 aromatic carbocycles. The molecule has 0 spiro atoms. The summed E-state index contributed by atoms with van der Waals surface area (Å²) in [6, 6.07) is 0. The maximum atomic E-state index is 11.1. The van der Waals surface area contributed by atoms with Crippen molar-refractivity contribution in [2.24, 2.45) is 5.92 Å². The highest BCUT2D eigenvalue weighted by molar-refractivity contribution is 5.87. The van der Waals surface area contributed by atoms with Crippen LogP contribution in [0.25, 0.3) is 0 Å². The zero-order chi connectivity index (χ0) is 12.7.